The molecule has 0 saturated heterocycles. The number of carbonyl (C=O) groups is 2. The summed E-state index contributed by atoms with van der Waals surface area (Å²) in [5.74, 6) is 0.834. The summed E-state index contributed by atoms with van der Waals surface area (Å²) in [6, 6.07) is 47.4. The lowest BCUT2D eigenvalue weighted by molar-refractivity contribution is -0.148. The number of esters is 1. The zero-order valence-corrected chi connectivity index (χ0v) is 29.2. The number of carbonyl (C=O) groups excluding carboxylic acids is 2. The van der Waals surface area contributed by atoms with E-state index in [1.807, 2.05) is 123 Å². The maximum Gasteiger partial charge on any atom is 0.329 e. The number of ether oxygens (including phenoxy) is 1. The highest BCUT2D eigenvalue weighted by Gasteiger charge is 2.40. The molecule has 0 saturated carbocycles. The minimum Gasteiger partial charge on any atom is -0.459 e. The van der Waals surface area contributed by atoms with Crippen molar-refractivity contribution in [1.29, 1.82) is 0 Å². The average Bonchev–Trinajstić information content (AvgIpc) is 3.58. The third kappa shape index (κ3) is 8.10. The fourth-order valence-electron chi connectivity index (χ4n) is 5.70. The normalized spacial score (nSPS) is 12.4. The molecule has 0 radical (unpaired) electrons. The summed E-state index contributed by atoms with van der Waals surface area (Å²) in [5, 5.41) is 3.10. The van der Waals surface area contributed by atoms with Crippen molar-refractivity contribution in [2.24, 2.45) is 0 Å². The Labute approximate surface area is 296 Å². The van der Waals surface area contributed by atoms with Crippen LogP contribution in [0.5, 0.6) is 0 Å². The van der Waals surface area contributed by atoms with Gasteiger partial charge in [-0.3, -0.25) is 4.79 Å². The van der Waals surface area contributed by atoms with Crippen LogP contribution in [-0.2, 0) is 31.4 Å². The Hall–Kier alpha value is -4.79. The number of para-hydroxylation sites is 2. The molecule has 1 atom stereocenters. The number of aromatic amines is 1. The van der Waals surface area contributed by atoms with Gasteiger partial charge in [0.05, 0.1) is 26.3 Å². The second-order valence-corrected chi connectivity index (χ2v) is 15.0. The van der Waals surface area contributed by atoms with Crippen LogP contribution in [0.25, 0.3) is 11.0 Å². The first kappa shape index (κ1) is 34.1. The van der Waals surface area contributed by atoms with Crippen LogP contribution in [0.1, 0.15) is 41.9 Å². The van der Waals surface area contributed by atoms with Crippen molar-refractivity contribution in [2.45, 2.75) is 41.7 Å². The summed E-state index contributed by atoms with van der Waals surface area (Å²) in [6.07, 6.45) is 0. The number of amides is 1. The molecule has 0 bridgehead atoms. The highest BCUT2D eigenvalue weighted by Crippen LogP contribution is 2.48. The van der Waals surface area contributed by atoms with E-state index in [4.69, 9.17) is 4.74 Å². The van der Waals surface area contributed by atoms with E-state index in [0.717, 1.165) is 39.1 Å². The van der Waals surface area contributed by atoms with Crippen LogP contribution < -0.4 is 5.32 Å². The maximum absolute atomic E-state index is 14.0. The molecule has 1 amide bonds. The first-order valence-corrected chi connectivity index (χ1v) is 18.2. The minimum absolute atomic E-state index is 0.113. The van der Waals surface area contributed by atoms with Gasteiger partial charge in [-0.25, -0.2) is 9.78 Å². The Bertz CT molecular complexity index is 1840. The number of imidazole rings is 1. The Morgan fingerprint density at radius 1 is 0.714 bits per heavy atom. The molecule has 248 valence electrons. The summed E-state index contributed by atoms with van der Waals surface area (Å²) >= 11 is 3.08. The van der Waals surface area contributed by atoms with E-state index in [0.29, 0.717) is 5.75 Å². The highest BCUT2D eigenvalue weighted by atomic mass is 32.2. The number of rotatable bonds is 14. The van der Waals surface area contributed by atoms with E-state index in [-0.39, 0.29) is 18.3 Å². The largest absolute Gasteiger partial charge is 0.459 e. The van der Waals surface area contributed by atoms with Crippen LogP contribution in [0.3, 0.4) is 0 Å². The lowest BCUT2D eigenvalue weighted by Crippen LogP contribution is -2.50. The molecule has 1 aromatic heterocycles. The highest BCUT2D eigenvalue weighted by molar-refractivity contribution is 8.01. The topological polar surface area (TPSA) is 84.1 Å². The molecule has 0 aliphatic carbocycles. The number of hydrogen-bond acceptors (Lipinski definition) is 6. The number of fused-ring (bicyclic) bond motifs is 1. The summed E-state index contributed by atoms with van der Waals surface area (Å²) in [7, 11) is 0. The molecule has 0 aliphatic heterocycles. The molecular formula is C41H39N3O3S2. The molecule has 6 nitrogen and oxygen atoms in total. The van der Waals surface area contributed by atoms with Crippen LogP contribution in [0.15, 0.2) is 146 Å². The zero-order chi connectivity index (χ0) is 34.1. The van der Waals surface area contributed by atoms with Crippen LogP contribution in [0.2, 0.25) is 0 Å². The summed E-state index contributed by atoms with van der Waals surface area (Å²) in [6.45, 7) is 3.86. The average molecular weight is 686 g/mol. The molecule has 8 heteroatoms. The van der Waals surface area contributed by atoms with Crippen molar-refractivity contribution in [2.75, 3.05) is 5.75 Å². The smallest absolute Gasteiger partial charge is 0.329 e. The van der Waals surface area contributed by atoms with Crippen molar-refractivity contribution < 1.29 is 14.3 Å². The van der Waals surface area contributed by atoms with E-state index in [1.165, 1.54) is 11.8 Å². The predicted molar refractivity (Wildman–Crippen MR) is 201 cm³/mol. The van der Waals surface area contributed by atoms with Gasteiger partial charge in [0.2, 0.25) is 5.91 Å². The van der Waals surface area contributed by atoms with Crippen molar-refractivity contribution >= 4 is 46.4 Å². The molecule has 5 aromatic carbocycles. The third-order valence-corrected chi connectivity index (χ3v) is 11.3. The molecule has 2 N–H and O–H groups in total. The number of hydrogen-bond donors (Lipinski definition) is 2. The first-order chi connectivity index (χ1) is 23.8. The van der Waals surface area contributed by atoms with E-state index in [9.17, 15) is 9.59 Å². The molecule has 1 heterocycles. The van der Waals surface area contributed by atoms with E-state index in [2.05, 4.69) is 51.7 Å². The van der Waals surface area contributed by atoms with Crippen LogP contribution in [0, 0.1) is 0 Å². The number of benzene rings is 5. The molecule has 6 rings (SSSR count). The van der Waals surface area contributed by atoms with Crippen LogP contribution in [0.4, 0.5) is 0 Å². The van der Waals surface area contributed by atoms with Gasteiger partial charge < -0.3 is 15.0 Å². The van der Waals surface area contributed by atoms with Crippen LogP contribution in [-0.4, -0.2) is 38.4 Å². The number of nitrogens with zero attached hydrogens (tertiary/aromatic N) is 1. The van der Waals surface area contributed by atoms with Crippen LogP contribution >= 0.6 is 23.5 Å². The fourth-order valence-corrected chi connectivity index (χ4v) is 8.06. The van der Waals surface area contributed by atoms with Gasteiger partial charge in [0.1, 0.15) is 18.5 Å². The van der Waals surface area contributed by atoms with Gasteiger partial charge in [-0.15, -0.1) is 23.5 Å². The number of thioether (sulfide) groups is 2. The second kappa shape index (κ2) is 15.6. The molecule has 0 fully saturated rings. The molecule has 0 aliphatic rings. The summed E-state index contributed by atoms with van der Waals surface area (Å²) in [5.41, 5.74) is 5.93. The lowest BCUT2D eigenvalue weighted by Gasteiger charge is -2.36. The predicted octanol–water partition coefficient (Wildman–Crippen LogP) is 8.53. The quantitative estimate of drug-likeness (QED) is 0.0884. The van der Waals surface area contributed by atoms with Gasteiger partial charge in [0.15, 0.2) is 0 Å². The van der Waals surface area contributed by atoms with Crippen molar-refractivity contribution in [1.82, 2.24) is 15.3 Å². The van der Waals surface area contributed by atoms with Crippen molar-refractivity contribution in [3.05, 3.63) is 174 Å². The van der Waals surface area contributed by atoms with Crippen molar-refractivity contribution in [3.8, 4) is 0 Å². The molecule has 49 heavy (non-hydrogen) atoms. The number of H-pyrrole nitrogens is 1. The first-order valence-electron chi connectivity index (χ1n) is 16.2. The van der Waals surface area contributed by atoms with Gasteiger partial charge in [-0.2, -0.15) is 0 Å². The molecule has 6 aromatic rings. The molecular weight excluding hydrogens is 647 g/mol. The Morgan fingerprint density at radius 2 is 1.22 bits per heavy atom. The van der Waals surface area contributed by atoms with Gasteiger partial charge in [0.25, 0.3) is 0 Å². The van der Waals surface area contributed by atoms with E-state index in [1.54, 1.807) is 11.8 Å². The third-order valence-electron chi connectivity index (χ3n) is 8.38. The zero-order valence-electron chi connectivity index (χ0n) is 27.5. The number of nitrogens with one attached hydrogen (secondary N) is 2. The summed E-state index contributed by atoms with van der Waals surface area (Å²) in [4.78, 5) is 35.9. The van der Waals surface area contributed by atoms with Gasteiger partial charge in [0, 0.05) is 5.75 Å². The summed E-state index contributed by atoms with van der Waals surface area (Å²) < 4.78 is 4.33. The van der Waals surface area contributed by atoms with Gasteiger partial charge in [-0.1, -0.05) is 133 Å². The monoisotopic (exact) mass is 685 g/mol. The van der Waals surface area contributed by atoms with Gasteiger partial charge in [-0.05, 0) is 48.2 Å². The van der Waals surface area contributed by atoms with E-state index >= 15 is 0 Å². The Balaban J connectivity index is 1.28. The van der Waals surface area contributed by atoms with E-state index < -0.39 is 21.5 Å². The minimum atomic E-state index is -0.914. The SMILES string of the molecule is CC(C)(SCc1nc2ccccc2[nH]1)C(=O)N[C@@H](CSC(c1ccccc1)(c1ccccc1)c1ccccc1)C(=O)OCc1ccccc1. The molecule has 0 unspecified atom stereocenters. The Morgan fingerprint density at radius 3 is 1.78 bits per heavy atom. The number of aromatic nitrogens is 2. The lowest BCUT2D eigenvalue weighted by atomic mass is 9.84. The standard InChI is InChI=1S/C41H39N3O3S2/c1-40(2,48-29-37-42-34-25-15-16-26-35(34)43-37)39(46)44-36(38(45)47-27-30-17-7-3-8-18-30)28-49-41(31-19-9-4-10-20-31,32-21-11-5-12-22-32)33-23-13-6-14-24-33/h3-26,36H,27-29H2,1-2H3,(H,42,43)(H,44,46)/t36-/m0/s1. The second-order valence-electron chi connectivity index (χ2n) is 12.2. The van der Waals surface area contributed by atoms with Gasteiger partial charge >= 0.3 is 5.97 Å². The molecule has 0 spiro atoms. The van der Waals surface area contributed by atoms with Crippen molar-refractivity contribution in [3.63, 3.8) is 0 Å². The Kier molecular flexibility index (Phi) is 10.9. The maximum atomic E-state index is 14.0. The fraction of sp³-hybridized carbons (Fsp3) is 0.195.